The molecule has 1 aromatic heterocycles. The molecule has 0 radical (unpaired) electrons. The number of hydrogen-bond donors (Lipinski definition) is 2. The SMILES string of the molecule is COc1cc(C(=O)Oc2c(Br)cc(Br)cc2C=NNC(=O)c2[nH]c3c(C#N)cccc3c2-c2ccccc2)ccc1OC(C)=O. The summed E-state index contributed by atoms with van der Waals surface area (Å²) in [5.41, 5.74) is 5.61. The summed E-state index contributed by atoms with van der Waals surface area (Å²) in [6.07, 6.45) is 1.34. The van der Waals surface area contributed by atoms with Crippen molar-refractivity contribution in [3.63, 3.8) is 0 Å². The molecule has 0 aliphatic heterocycles. The van der Waals surface area contributed by atoms with Gasteiger partial charge in [0.25, 0.3) is 5.91 Å². The third kappa shape index (κ3) is 6.80. The van der Waals surface area contributed by atoms with Crippen LogP contribution in [0.4, 0.5) is 0 Å². The molecule has 0 fully saturated rings. The first kappa shape index (κ1) is 31.2. The first-order chi connectivity index (χ1) is 21.7. The van der Waals surface area contributed by atoms with Crippen molar-refractivity contribution in [3.8, 4) is 34.4 Å². The Morgan fingerprint density at radius 1 is 0.956 bits per heavy atom. The minimum atomic E-state index is -0.719. The average Bonchev–Trinajstić information content (AvgIpc) is 3.43. The number of halogens is 2. The van der Waals surface area contributed by atoms with E-state index in [-0.39, 0.29) is 28.5 Å². The first-order valence-electron chi connectivity index (χ1n) is 13.2. The van der Waals surface area contributed by atoms with Crippen LogP contribution in [-0.2, 0) is 4.79 Å². The molecule has 0 saturated carbocycles. The summed E-state index contributed by atoms with van der Waals surface area (Å²) in [5.74, 6) is -1.33. The lowest BCUT2D eigenvalue weighted by molar-refractivity contribution is -0.132. The zero-order chi connectivity index (χ0) is 32.1. The van der Waals surface area contributed by atoms with E-state index in [0.717, 1.165) is 10.9 Å². The lowest BCUT2D eigenvalue weighted by Gasteiger charge is -2.12. The molecule has 0 aliphatic carbocycles. The van der Waals surface area contributed by atoms with Gasteiger partial charge in [-0.05, 0) is 57.9 Å². The fourth-order valence-corrected chi connectivity index (χ4v) is 5.91. The maximum atomic E-state index is 13.4. The molecule has 4 aromatic carbocycles. The number of rotatable bonds is 8. The van der Waals surface area contributed by atoms with Crippen LogP contribution in [0.25, 0.3) is 22.0 Å². The Morgan fingerprint density at radius 2 is 1.73 bits per heavy atom. The van der Waals surface area contributed by atoms with Gasteiger partial charge >= 0.3 is 11.9 Å². The van der Waals surface area contributed by atoms with Crippen molar-refractivity contribution in [2.24, 2.45) is 5.10 Å². The molecule has 12 heteroatoms. The molecule has 0 atom stereocenters. The molecule has 0 aliphatic rings. The first-order valence-corrected chi connectivity index (χ1v) is 14.8. The quantitative estimate of drug-likeness (QED) is 0.0748. The Balaban J connectivity index is 1.43. The summed E-state index contributed by atoms with van der Waals surface area (Å²) in [4.78, 5) is 41.0. The Kier molecular flexibility index (Phi) is 9.42. The van der Waals surface area contributed by atoms with Crippen LogP contribution in [0.5, 0.6) is 17.2 Å². The molecule has 0 spiro atoms. The van der Waals surface area contributed by atoms with Crippen molar-refractivity contribution in [3.05, 3.63) is 110 Å². The minimum absolute atomic E-state index is 0.137. The summed E-state index contributed by atoms with van der Waals surface area (Å²) < 4.78 is 17.2. The molecular weight excluding hydrogens is 708 g/mol. The predicted molar refractivity (Wildman–Crippen MR) is 175 cm³/mol. The van der Waals surface area contributed by atoms with Gasteiger partial charge in [0.05, 0.1) is 34.4 Å². The normalized spacial score (nSPS) is 10.8. The molecule has 0 saturated heterocycles. The van der Waals surface area contributed by atoms with Crippen LogP contribution in [0.1, 0.15) is 38.9 Å². The molecule has 45 heavy (non-hydrogen) atoms. The monoisotopic (exact) mass is 728 g/mol. The van der Waals surface area contributed by atoms with Crippen molar-refractivity contribution in [2.45, 2.75) is 6.92 Å². The number of benzene rings is 4. The van der Waals surface area contributed by atoms with E-state index in [0.29, 0.717) is 31.2 Å². The molecule has 5 aromatic rings. The van der Waals surface area contributed by atoms with E-state index >= 15 is 0 Å². The van der Waals surface area contributed by atoms with E-state index in [1.165, 1.54) is 38.4 Å². The zero-order valence-electron chi connectivity index (χ0n) is 23.7. The van der Waals surface area contributed by atoms with Gasteiger partial charge in [-0.15, -0.1) is 0 Å². The second-order valence-electron chi connectivity index (χ2n) is 9.43. The summed E-state index contributed by atoms with van der Waals surface area (Å²) in [6.45, 7) is 1.26. The number of nitrogens with one attached hydrogen (secondary N) is 2. The van der Waals surface area contributed by atoms with Crippen LogP contribution >= 0.6 is 31.9 Å². The van der Waals surface area contributed by atoms with Gasteiger partial charge in [0, 0.05) is 27.9 Å². The number of fused-ring (bicyclic) bond motifs is 1. The summed E-state index contributed by atoms with van der Waals surface area (Å²) >= 11 is 6.84. The van der Waals surface area contributed by atoms with E-state index in [4.69, 9.17) is 14.2 Å². The van der Waals surface area contributed by atoms with Gasteiger partial charge < -0.3 is 19.2 Å². The van der Waals surface area contributed by atoms with Gasteiger partial charge in [-0.25, -0.2) is 10.2 Å². The van der Waals surface area contributed by atoms with Gasteiger partial charge in [0.15, 0.2) is 17.2 Å². The van der Waals surface area contributed by atoms with Crippen molar-refractivity contribution in [1.29, 1.82) is 5.26 Å². The molecular formula is C33H22Br2N4O6. The van der Waals surface area contributed by atoms with Crippen LogP contribution in [0.15, 0.2) is 92.9 Å². The van der Waals surface area contributed by atoms with E-state index in [1.807, 2.05) is 36.4 Å². The minimum Gasteiger partial charge on any atom is -0.493 e. The number of aromatic nitrogens is 1. The van der Waals surface area contributed by atoms with E-state index in [2.05, 4.69) is 53.4 Å². The number of para-hydroxylation sites is 1. The van der Waals surface area contributed by atoms with Crippen LogP contribution < -0.4 is 19.6 Å². The van der Waals surface area contributed by atoms with Crippen molar-refractivity contribution < 1.29 is 28.6 Å². The van der Waals surface area contributed by atoms with Gasteiger partial charge in [-0.1, -0.05) is 58.4 Å². The highest BCUT2D eigenvalue weighted by Gasteiger charge is 2.21. The Labute approximate surface area is 273 Å². The van der Waals surface area contributed by atoms with E-state index in [1.54, 1.807) is 24.3 Å². The zero-order valence-corrected chi connectivity index (χ0v) is 26.9. The van der Waals surface area contributed by atoms with Crippen molar-refractivity contribution in [1.82, 2.24) is 10.4 Å². The fourth-order valence-electron chi connectivity index (χ4n) is 4.57. The van der Waals surface area contributed by atoms with Gasteiger partial charge in [0.2, 0.25) is 0 Å². The number of hydrazone groups is 1. The maximum Gasteiger partial charge on any atom is 0.343 e. The number of carbonyl (C=O) groups is 3. The van der Waals surface area contributed by atoms with Crippen LogP contribution in [-0.4, -0.2) is 36.2 Å². The summed E-state index contributed by atoms with van der Waals surface area (Å²) in [5, 5.41) is 14.5. The fraction of sp³-hybridized carbons (Fsp3) is 0.0606. The molecule has 2 N–H and O–H groups in total. The average molecular weight is 730 g/mol. The smallest absolute Gasteiger partial charge is 0.343 e. The van der Waals surface area contributed by atoms with Crippen LogP contribution in [0.2, 0.25) is 0 Å². The molecule has 1 heterocycles. The topological polar surface area (TPSA) is 143 Å². The molecule has 10 nitrogen and oxygen atoms in total. The number of nitrogens with zero attached hydrogens (tertiary/aromatic N) is 2. The number of amides is 1. The molecule has 0 bridgehead atoms. The summed E-state index contributed by atoms with van der Waals surface area (Å²) in [6, 6.07) is 24.4. The Bertz CT molecular complexity index is 2030. The number of esters is 2. The lowest BCUT2D eigenvalue weighted by atomic mass is 10.0. The molecule has 0 unspecified atom stereocenters. The largest absolute Gasteiger partial charge is 0.493 e. The number of aromatic amines is 1. The van der Waals surface area contributed by atoms with Crippen LogP contribution in [0, 0.1) is 11.3 Å². The maximum absolute atomic E-state index is 13.4. The second-order valence-corrected chi connectivity index (χ2v) is 11.2. The third-order valence-corrected chi connectivity index (χ3v) is 7.55. The highest BCUT2D eigenvalue weighted by molar-refractivity contribution is 9.11. The Morgan fingerprint density at radius 3 is 2.44 bits per heavy atom. The Hall–Kier alpha value is -5.25. The van der Waals surface area contributed by atoms with Gasteiger partial charge in [-0.2, -0.15) is 10.4 Å². The molecule has 1 amide bonds. The number of hydrogen-bond acceptors (Lipinski definition) is 8. The van der Waals surface area contributed by atoms with E-state index < -0.39 is 17.8 Å². The van der Waals surface area contributed by atoms with Crippen LogP contribution in [0.3, 0.4) is 0 Å². The molecule has 5 rings (SSSR count). The predicted octanol–water partition coefficient (Wildman–Crippen LogP) is 7.15. The number of carbonyl (C=O) groups excluding carboxylic acids is 3. The standard InChI is InChI=1S/C33H22Br2N4O6/c1-18(40)44-26-12-11-20(14-27(26)43-2)33(42)45-31-22(13-23(34)15-25(31)35)17-37-39-32(41)30-28(19-7-4-3-5-8-19)24-10-6-9-21(16-36)29(24)38-30/h3-15,17,38H,1-2H3,(H,39,41). The lowest BCUT2D eigenvalue weighted by Crippen LogP contribution is -2.19. The number of nitriles is 1. The highest BCUT2D eigenvalue weighted by Crippen LogP contribution is 2.35. The van der Waals surface area contributed by atoms with Crippen molar-refractivity contribution in [2.75, 3.05) is 7.11 Å². The number of ether oxygens (including phenoxy) is 3. The summed E-state index contributed by atoms with van der Waals surface area (Å²) in [7, 11) is 1.38. The number of H-pyrrole nitrogens is 1. The van der Waals surface area contributed by atoms with E-state index in [9.17, 15) is 19.6 Å². The highest BCUT2D eigenvalue weighted by atomic mass is 79.9. The van der Waals surface area contributed by atoms with Gasteiger partial charge in [-0.3, -0.25) is 9.59 Å². The molecule has 224 valence electrons. The number of methoxy groups -OCH3 is 1. The second kappa shape index (κ2) is 13.6. The van der Waals surface area contributed by atoms with Crippen molar-refractivity contribution >= 4 is 66.8 Å². The van der Waals surface area contributed by atoms with Gasteiger partial charge in [0.1, 0.15) is 11.8 Å². The third-order valence-electron chi connectivity index (χ3n) is 6.50.